The maximum atomic E-state index is 12.7. The lowest BCUT2D eigenvalue weighted by Crippen LogP contribution is -1.75. The highest BCUT2D eigenvalue weighted by Gasteiger charge is 1.92. The molecule has 0 heterocycles. The maximum Gasteiger partial charge on any atom is 0.125 e. The lowest BCUT2D eigenvalue weighted by molar-refractivity contribution is 0.651. The molecule has 0 amide bonds. The molecule has 1 heteroatoms. The van der Waals surface area contributed by atoms with Crippen LogP contribution in [0.3, 0.4) is 0 Å². The highest BCUT2D eigenvalue weighted by atomic mass is 19.1. The van der Waals surface area contributed by atoms with Gasteiger partial charge in [0.25, 0.3) is 0 Å². The van der Waals surface area contributed by atoms with Gasteiger partial charge >= 0.3 is 0 Å². The van der Waals surface area contributed by atoms with Gasteiger partial charge in [-0.25, -0.2) is 4.39 Å². The molecule has 0 spiro atoms. The van der Waals surface area contributed by atoms with Crippen molar-refractivity contribution in [2.75, 3.05) is 0 Å². The summed E-state index contributed by atoms with van der Waals surface area (Å²) in [5, 5.41) is 0. The molecule has 0 unspecified atom stereocenters. The Bertz CT molecular complexity index is 185. The molecule has 12 heavy (non-hydrogen) atoms. The smallest absolute Gasteiger partial charge is 0.125 e. The zero-order chi connectivity index (χ0) is 10.1. The van der Waals surface area contributed by atoms with Crippen LogP contribution in [0.1, 0.15) is 34.6 Å². The van der Waals surface area contributed by atoms with E-state index >= 15 is 0 Å². The zero-order valence-electron chi connectivity index (χ0n) is 8.74. The molecule has 0 nitrogen and oxygen atoms in total. The second-order valence-electron chi connectivity index (χ2n) is 2.31. The second-order valence-corrected chi connectivity index (χ2v) is 2.31. The van der Waals surface area contributed by atoms with Crippen LogP contribution in [0.15, 0.2) is 35.7 Å². The van der Waals surface area contributed by atoms with Crippen molar-refractivity contribution in [2.45, 2.75) is 34.6 Å². The highest BCUT2D eigenvalue weighted by molar-refractivity contribution is 5.28. The monoisotopic (exact) mass is 170 g/mol. The molecule has 0 rings (SSSR count). The largest absolute Gasteiger partial charge is 0.207 e. The van der Waals surface area contributed by atoms with Crippen LogP contribution in [-0.4, -0.2) is 0 Å². The molecule has 0 aliphatic heterocycles. The topological polar surface area (TPSA) is 0 Å². The van der Waals surface area contributed by atoms with Crippen molar-refractivity contribution in [1.29, 1.82) is 0 Å². The van der Waals surface area contributed by atoms with Gasteiger partial charge in [0.1, 0.15) is 5.83 Å². The van der Waals surface area contributed by atoms with Crippen molar-refractivity contribution >= 4 is 0 Å². The Hall–Kier alpha value is -0.850. The lowest BCUT2D eigenvalue weighted by atomic mass is 10.2. The molecule has 0 saturated carbocycles. The minimum atomic E-state index is -0.240. The summed E-state index contributed by atoms with van der Waals surface area (Å²) in [6.07, 6.45) is 3.32. The number of allylic oxidation sites excluding steroid dienone is 5. The summed E-state index contributed by atoms with van der Waals surface area (Å²) in [4.78, 5) is 0. The van der Waals surface area contributed by atoms with Crippen molar-refractivity contribution in [3.8, 4) is 0 Å². The standard InChI is InChI=1S/C9H13F.C2H6/c1-5-8(4)6-9(10)7(2)3;1-2/h5-6H,2H2,1,3-4H3;1-2H3/b8-5-,9-6+;. The van der Waals surface area contributed by atoms with Crippen LogP contribution < -0.4 is 0 Å². The van der Waals surface area contributed by atoms with E-state index in [0.29, 0.717) is 5.57 Å². The van der Waals surface area contributed by atoms with Crippen LogP contribution in [0.2, 0.25) is 0 Å². The minimum Gasteiger partial charge on any atom is -0.207 e. The van der Waals surface area contributed by atoms with E-state index < -0.39 is 0 Å². The summed E-state index contributed by atoms with van der Waals surface area (Å²) in [6.45, 7) is 12.8. The Kier molecular flexibility index (Phi) is 9.43. The van der Waals surface area contributed by atoms with Crippen molar-refractivity contribution in [3.05, 3.63) is 35.7 Å². The Morgan fingerprint density at radius 1 is 1.25 bits per heavy atom. The fourth-order valence-corrected chi connectivity index (χ4v) is 0.406. The molecule has 0 bridgehead atoms. The molecule has 0 radical (unpaired) electrons. The molecule has 70 valence electrons. The molecular formula is C11H19F. The third-order valence-corrected chi connectivity index (χ3v) is 1.22. The summed E-state index contributed by atoms with van der Waals surface area (Å²) >= 11 is 0. The van der Waals surface area contributed by atoms with Gasteiger partial charge in [-0.3, -0.25) is 0 Å². The lowest BCUT2D eigenvalue weighted by Gasteiger charge is -1.93. The maximum absolute atomic E-state index is 12.7. The highest BCUT2D eigenvalue weighted by Crippen LogP contribution is 2.10. The quantitative estimate of drug-likeness (QED) is 0.538. The minimum absolute atomic E-state index is 0.240. The summed E-state index contributed by atoms with van der Waals surface area (Å²) in [5.74, 6) is -0.240. The molecule has 0 saturated heterocycles. The normalized spacial score (nSPS) is 11.8. The first-order valence-corrected chi connectivity index (χ1v) is 4.24. The third kappa shape index (κ3) is 7.26. The van der Waals surface area contributed by atoms with Crippen LogP contribution in [0.25, 0.3) is 0 Å². The molecule has 0 aromatic carbocycles. The first kappa shape index (κ1) is 13.7. The van der Waals surface area contributed by atoms with Crippen molar-refractivity contribution in [2.24, 2.45) is 0 Å². The Labute approximate surface area is 75.5 Å². The first-order chi connectivity index (χ1) is 5.57. The predicted octanol–water partition coefficient (Wildman–Crippen LogP) is 4.41. The van der Waals surface area contributed by atoms with Gasteiger partial charge in [0.15, 0.2) is 0 Å². The number of halogens is 1. The third-order valence-electron chi connectivity index (χ3n) is 1.22. The van der Waals surface area contributed by atoms with Crippen LogP contribution in [0.4, 0.5) is 4.39 Å². The molecular weight excluding hydrogens is 151 g/mol. The van der Waals surface area contributed by atoms with Gasteiger partial charge < -0.3 is 0 Å². The van der Waals surface area contributed by atoms with E-state index in [-0.39, 0.29) is 5.83 Å². The zero-order valence-corrected chi connectivity index (χ0v) is 8.74. The average Bonchev–Trinajstić information content (AvgIpc) is 2.07. The van der Waals surface area contributed by atoms with Gasteiger partial charge in [0.05, 0.1) is 0 Å². The van der Waals surface area contributed by atoms with Crippen molar-refractivity contribution in [3.63, 3.8) is 0 Å². The molecule has 0 atom stereocenters. The molecule has 0 fully saturated rings. The van der Waals surface area contributed by atoms with Crippen LogP contribution in [0.5, 0.6) is 0 Å². The average molecular weight is 170 g/mol. The van der Waals surface area contributed by atoms with Crippen molar-refractivity contribution in [1.82, 2.24) is 0 Å². The number of hydrogen-bond donors (Lipinski definition) is 0. The molecule has 0 N–H and O–H groups in total. The number of hydrogen-bond acceptors (Lipinski definition) is 0. The van der Waals surface area contributed by atoms with Gasteiger partial charge in [0, 0.05) is 0 Å². The summed E-state index contributed by atoms with van der Waals surface area (Å²) < 4.78 is 12.7. The van der Waals surface area contributed by atoms with E-state index in [1.807, 2.05) is 33.8 Å². The van der Waals surface area contributed by atoms with Crippen LogP contribution in [-0.2, 0) is 0 Å². The van der Waals surface area contributed by atoms with E-state index in [2.05, 4.69) is 6.58 Å². The second kappa shape index (κ2) is 8.25. The summed E-state index contributed by atoms with van der Waals surface area (Å²) in [5.41, 5.74) is 1.39. The van der Waals surface area contributed by atoms with Gasteiger partial charge in [-0.2, -0.15) is 0 Å². The van der Waals surface area contributed by atoms with Gasteiger partial charge in [-0.05, 0) is 32.4 Å². The Morgan fingerprint density at radius 3 is 1.92 bits per heavy atom. The molecule has 0 aromatic rings. The predicted molar refractivity (Wildman–Crippen MR) is 54.8 cm³/mol. The molecule has 0 aliphatic carbocycles. The van der Waals surface area contributed by atoms with Crippen LogP contribution in [0, 0.1) is 0 Å². The Balaban J connectivity index is 0. The number of rotatable bonds is 2. The van der Waals surface area contributed by atoms with E-state index in [1.54, 1.807) is 6.92 Å². The Morgan fingerprint density at radius 2 is 1.67 bits per heavy atom. The molecule has 0 aliphatic rings. The van der Waals surface area contributed by atoms with E-state index in [0.717, 1.165) is 5.57 Å². The van der Waals surface area contributed by atoms with Gasteiger partial charge in [0.2, 0.25) is 0 Å². The van der Waals surface area contributed by atoms with Gasteiger partial charge in [-0.1, -0.05) is 32.1 Å². The summed E-state index contributed by atoms with van der Waals surface area (Å²) in [6, 6.07) is 0. The molecule has 0 aromatic heterocycles. The van der Waals surface area contributed by atoms with E-state index in [4.69, 9.17) is 0 Å². The van der Waals surface area contributed by atoms with Crippen molar-refractivity contribution < 1.29 is 4.39 Å². The first-order valence-electron chi connectivity index (χ1n) is 4.24. The van der Waals surface area contributed by atoms with Crippen LogP contribution >= 0.6 is 0 Å². The SMILES string of the molecule is C=C(C)/C(F)=C\C(C)=C/C.CC. The summed E-state index contributed by atoms with van der Waals surface area (Å²) in [7, 11) is 0. The fraction of sp³-hybridized carbons (Fsp3) is 0.455. The van der Waals surface area contributed by atoms with Gasteiger partial charge in [-0.15, -0.1) is 0 Å². The van der Waals surface area contributed by atoms with E-state index in [1.165, 1.54) is 6.08 Å². The van der Waals surface area contributed by atoms with E-state index in [9.17, 15) is 4.39 Å². The fourth-order valence-electron chi connectivity index (χ4n) is 0.406.